The van der Waals surface area contributed by atoms with Gasteiger partial charge in [-0.1, -0.05) is 6.08 Å². The molecule has 1 aliphatic rings. The zero-order valence-electron chi connectivity index (χ0n) is 19.5. The van der Waals surface area contributed by atoms with Gasteiger partial charge in [-0.15, -0.1) is 0 Å². The molecule has 2 aromatic heterocycles. The molecule has 0 bridgehead atoms. The van der Waals surface area contributed by atoms with E-state index in [2.05, 4.69) is 4.98 Å². The molecule has 0 spiro atoms. The van der Waals surface area contributed by atoms with Gasteiger partial charge in [0.2, 0.25) is 0 Å². The second-order valence-electron chi connectivity index (χ2n) is 8.98. The number of allylic oxidation sites excluding steroid dienone is 1. The number of anilines is 1. The van der Waals surface area contributed by atoms with Crippen molar-refractivity contribution in [2.75, 3.05) is 12.3 Å². The molecule has 8 heteroatoms. The van der Waals surface area contributed by atoms with Crippen LogP contribution in [0.4, 0.5) is 5.82 Å². The maximum absolute atomic E-state index is 12.9. The molecule has 0 amide bonds. The third kappa shape index (κ3) is 4.41. The average molecular weight is 465 g/mol. The summed E-state index contributed by atoms with van der Waals surface area (Å²) in [6.45, 7) is 5.20. The van der Waals surface area contributed by atoms with Crippen LogP contribution in [0.25, 0.3) is 11.0 Å². The van der Waals surface area contributed by atoms with Crippen LogP contribution in [0, 0.1) is 0 Å². The van der Waals surface area contributed by atoms with E-state index in [1.807, 2.05) is 26.0 Å². The lowest BCUT2D eigenvalue weighted by Gasteiger charge is -2.42. The van der Waals surface area contributed by atoms with E-state index in [0.29, 0.717) is 35.6 Å². The highest BCUT2D eigenvalue weighted by Crippen LogP contribution is 2.46. The summed E-state index contributed by atoms with van der Waals surface area (Å²) < 4.78 is 17.9. The van der Waals surface area contributed by atoms with Crippen LogP contribution in [0.15, 0.2) is 63.5 Å². The minimum atomic E-state index is -1.09. The minimum Gasteiger partial charge on any atom is -0.482 e. The molecule has 34 heavy (non-hydrogen) atoms. The lowest BCUT2D eigenvalue weighted by Crippen LogP contribution is -2.57. The highest BCUT2D eigenvalue weighted by atomic mass is 16.6. The van der Waals surface area contributed by atoms with Gasteiger partial charge in [-0.3, -0.25) is 0 Å². The highest BCUT2D eigenvalue weighted by Gasteiger charge is 2.54. The van der Waals surface area contributed by atoms with Crippen LogP contribution in [0.1, 0.15) is 38.3 Å². The Hall–Kier alpha value is -3.65. The van der Waals surface area contributed by atoms with Gasteiger partial charge in [0.15, 0.2) is 5.60 Å². The summed E-state index contributed by atoms with van der Waals surface area (Å²) in [5, 5.41) is 10.1. The number of aromatic nitrogens is 1. The van der Waals surface area contributed by atoms with Crippen molar-refractivity contribution in [2.24, 2.45) is 0 Å². The van der Waals surface area contributed by atoms with E-state index in [9.17, 15) is 14.7 Å². The number of benzene rings is 1. The van der Waals surface area contributed by atoms with Gasteiger partial charge in [-0.05, 0) is 56.2 Å². The predicted molar refractivity (Wildman–Crippen MR) is 128 cm³/mol. The van der Waals surface area contributed by atoms with E-state index in [4.69, 9.17) is 19.6 Å². The van der Waals surface area contributed by atoms with E-state index >= 15 is 0 Å². The lowest BCUT2D eigenvalue weighted by atomic mass is 9.77. The molecule has 178 valence electrons. The summed E-state index contributed by atoms with van der Waals surface area (Å²) in [5.74, 6) is 0.435. The Kier molecular flexibility index (Phi) is 6.18. The van der Waals surface area contributed by atoms with E-state index < -0.39 is 22.8 Å². The summed E-state index contributed by atoms with van der Waals surface area (Å²) >= 11 is 0. The number of hydrogen-bond donors (Lipinski definition) is 2. The Morgan fingerprint density at radius 3 is 2.79 bits per heavy atom. The van der Waals surface area contributed by atoms with Crippen molar-refractivity contribution >= 4 is 22.8 Å². The number of nitrogens with two attached hydrogens (primary N) is 1. The Morgan fingerprint density at radius 1 is 1.29 bits per heavy atom. The van der Waals surface area contributed by atoms with Crippen LogP contribution < -0.4 is 16.1 Å². The lowest BCUT2D eigenvalue weighted by molar-refractivity contribution is -0.174. The Morgan fingerprint density at radius 2 is 2.09 bits per heavy atom. The number of pyridine rings is 1. The molecule has 0 saturated heterocycles. The number of esters is 1. The molecule has 3 N–H and O–H groups in total. The van der Waals surface area contributed by atoms with Gasteiger partial charge in [0.1, 0.15) is 22.8 Å². The maximum atomic E-state index is 12.9. The van der Waals surface area contributed by atoms with Crippen LogP contribution in [0.5, 0.6) is 5.75 Å². The molecular formula is C26H28N2O6. The van der Waals surface area contributed by atoms with Gasteiger partial charge in [0.25, 0.3) is 0 Å². The first kappa shape index (κ1) is 23.5. The summed E-state index contributed by atoms with van der Waals surface area (Å²) in [6.07, 6.45) is 4.31. The van der Waals surface area contributed by atoms with Crippen LogP contribution >= 0.6 is 0 Å². The summed E-state index contributed by atoms with van der Waals surface area (Å²) in [4.78, 5) is 28.7. The van der Waals surface area contributed by atoms with Crippen molar-refractivity contribution in [1.29, 1.82) is 0 Å². The third-order valence-electron chi connectivity index (χ3n) is 6.36. The van der Waals surface area contributed by atoms with Crippen molar-refractivity contribution in [1.82, 2.24) is 4.98 Å². The first-order valence-electron chi connectivity index (χ1n) is 11.1. The number of rotatable bonds is 7. The number of aliphatic hydroxyl groups excluding tert-OH is 1. The molecule has 1 unspecified atom stereocenters. The quantitative estimate of drug-likeness (QED) is 0.310. The Bertz CT molecular complexity index is 1330. The minimum absolute atomic E-state index is 0.156. The fraction of sp³-hybridized carbons (Fsp3) is 0.346. The van der Waals surface area contributed by atoms with E-state index in [1.165, 1.54) is 6.07 Å². The zero-order valence-corrected chi connectivity index (χ0v) is 19.5. The molecular weight excluding hydrogens is 436 g/mol. The Labute approximate surface area is 197 Å². The number of hydrogen-bond acceptors (Lipinski definition) is 8. The standard InChI is InChI=1S/C26H28N2O6/c1-4-17(8-10-29)24(31)34-25(2,3)26(14-16-7-9-28-22(27)11-16)15-19-12-18-5-6-23(30)32-20(18)13-21(19)33-26/h4-7,9,11-13,29H,8,10,14-15H2,1-3H3,(H2,27,28). The second kappa shape index (κ2) is 8.95. The van der Waals surface area contributed by atoms with Crippen molar-refractivity contribution < 1.29 is 23.8 Å². The molecule has 1 aliphatic heterocycles. The number of fused-ring (bicyclic) bond motifs is 2. The zero-order chi connectivity index (χ0) is 24.5. The maximum Gasteiger partial charge on any atom is 0.336 e. The number of carbonyl (C=O) groups is 1. The topological polar surface area (TPSA) is 125 Å². The van der Waals surface area contributed by atoms with Crippen molar-refractivity contribution in [3.05, 3.63) is 75.8 Å². The summed E-state index contributed by atoms with van der Waals surface area (Å²) in [7, 11) is 0. The van der Waals surface area contributed by atoms with Gasteiger partial charge in [-0.2, -0.15) is 0 Å². The first-order chi connectivity index (χ1) is 16.2. The van der Waals surface area contributed by atoms with Crippen LogP contribution in [0.3, 0.4) is 0 Å². The van der Waals surface area contributed by atoms with Gasteiger partial charge in [0.05, 0.1) is 0 Å². The number of nitrogen functional groups attached to an aromatic ring is 1. The largest absolute Gasteiger partial charge is 0.482 e. The molecule has 4 rings (SSSR count). The van der Waals surface area contributed by atoms with Gasteiger partial charge in [-0.25, -0.2) is 14.6 Å². The molecule has 0 aliphatic carbocycles. The molecule has 8 nitrogen and oxygen atoms in total. The number of nitrogens with zero attached hydrogens (tertiary/aromatic N) is 1. The molecule has 3 heterocycles. The molecule has 0 fully saturated rings. The average Bonchev–Trinajstić information content (AvgIpc) is 3.14. The van der Waals surface area contributed by atoms with Crippen LogP contribution in [0.2, 0.25) is 0 Å². The molecule has 0 saturated carbocycles. The van der Waals surface area contributed by atoms with Crippen molar-refractivity contribution in [3.8, 4) is 5.75 Å². The highest BCUT2D eigenvalue weighted by molar-refractivity contribution is 5.88. The number of aliphatic hydroxyl groups is 1. The molecule has 3 aromatic rings. The summed E-state index contributed by atoms with van der Waals surface area (Å²) in [6, 6.07) is 10.3. The number of ether oxygens (including phenoxy) is 2. The van der Waals surface area contributed by atoms with Gasteiger partial charge >= 0.3 is 11.6 Å². The third-order valence-corrected chi connectivity index (χ3v) is 6.36. The van der Waals surface area contributed by atoms with Gasteiger partial charge < -0.3 is 24.7 Å². The normalized spacial score (nSPS) is 17.9. The Balaban J connectivity index is 1.76. The van der Waals surface area contributed by atoms with E-state index in [0.717, 1.165) is 16.5 Å². The number of carbonyl (C=O) groups excluding carboxylic acids is 1. The SMILES string of the molecule is CC=C(CCO)C(=O)OC(C)(C)C1(Cc2ccnc(N)c2)Cc2cc3ccc(=O)oc3cc2O1. The predicted octanol–water partition coefficient (Wildman–Crippen LogP) is 3.34. The smallest absolute Gasteiger partial charge is 0.336 e. The second-order valence-corrected chi connectivity index (χ2v) is 8.98. The van der Waals surface area contributed by atoms with Crippen LogP contribution in [-0.4, -0.2) is 33.9 Å². The monoisotopic (exact) mass is 464 g/mol. The van der Waals surface area contributed by atoms with Crippen LogP contribution in [-0.2, 0) is 22.4 Å². The summed E-state index contributed by atoms with van der Waals surface area (Å²) in [5.41, 5.74) is 6.01. The fourth-order valence-electron chi connectivity index (χ4n) is 4.39. The first-order valence-corrected chi connectivity index (χ1v) is 11.1. The molecule has 1 aromatic carbocycles. The van der Waals surface area contributed by atoms with Crippen molar-refractivity contribution in [2.45, 2.75) is 51.2 Å². The van der Waals surface area contributed by atoms with Crippen molar-refractivity contribution in [3.63, 3.8) is 0 Å². The fourth-order valence-corrected chi connectivity index (χ4v) is 4.39. The van der Waals surface area contributed by atoms with Gasteiger partial charge in [0, 0.05) is 55.2 Å². The molecule has 0 radical (unpaired) electrons. The van der Waals surface area contributed by atoms with E-state index in [-0.39, 0.29) is 13.0 Å². The molecule has 1 atom stereocenters. The van der Waals surface area contributed by atoms with E-state index in [1.54, 1.807) is 37.4 Å².